The molecular formula is C11H20OS. The third kappa shape index (κ3) is 2.21. The van der Waals surface area contributed by atoms with Crippen molar-refractivity contribution in [3.63, 3.8) is 0 Å². The van der Waals surface area contributed by atoms with Gasteiger partial charge in [0.2, 0.25) is 0 Å². The number of hydrogen-bond donors (Lipinski definition) is 0. The van der Waals surface area contributed by atoms with E-state index in [1.165, 1.54) is 31.4 Å². The van der Waals surface area contributed by atoms with Crippen LogP contribution >= 0.6 is 11.8 Å². The van der Waals surface area contributed by atoms with E-state index >= 15 is 0 Å². The third-order valence-electron chi connectivity index (χ3n) is 3.51. The van der Waals surface area contributed by atoms with Crippen LogP contribution in [0.15, 0.2) is 0 Å². The molecule has 2 rings (SSSR count). The van der Waals surface area contributed by atoms with E-state index in [1.807, 2.05) is 0 Å². The highest BCUT2D eigenvalue weighted by Gasteiger charge is 2.34. The molecular weight excluding hydrogens is 180 g/mol. The van der Waals surface area contributed by atoms with E-state index in [2.05, 4.69) is 25.6 Å². The van der Waals surface area contributed by atoms with Crippen molar-refractivity contribution in [3.8, 4) is 0 Å². The van der Waals surface area contributed by atoms with Crippen molar-refractivity contribution in [2.75, 3.05) is 12.4 Å². The van der Waals surface area contributed by atoms with Crippen LogP contribution < -0.4 is 0 Å². The van der Waals surface area contributed by atoms with E-state index in [0.29, 0.717) is 11.5 Å². The highest BCUT2D eigenvalue weighted by molar-refractivity contribution is 8.00. The molecule has 0 aromatic heterocycles. The van der Waals surface area contributed by atoms with E-state index in [-0.39, 0.29) is 0 Å². The first-order chi connectivity index (χ1) is 6.20. The predicted molar refractivity (Wildman–Crippen MR) is 58.2 cm³/mol. The molecule has 13 heavy (non-hydrogen) atoms. The minimum atomic E-state index is 0.494. The second-order valence-corrected chi connectivity index (χ2v) is 6.11. The Bertz CT molecular complexity index is 177. The maximum absolute atomic E-state index is 5.56. The van der Waals surface area contributed by atoms with Gasteiger partial charge in [-0.3, -0.25) is 0 Å². The van der Waals surface area contributed by atoms with Crippen LogP contribution in [-0.4, -0.2) is 23.7 Å². The molecule has 1 saturated heterocycles. The average Bonchev–Trinajstić information content (AvgIpc) is 2.44. The molecule has 0 bridgehead atoms. The van der Waals surface area contributed by atoms with Gasteiger partial charge in [0.05, 0.1) is 6.10 Å². The molecule has 0 aromatic rings. The summed E-state index contributed by atoms with van der Waals surface area (Å²) in [6.07, 6.45) is 6.10. The molecule has 2 fully saturated rings. The van der Waals surface area contributed by atoms with Crippen LogP contribution in [-0.2, 0) is 4.74 Å². The SMILES string of the molecule is CC1OCCC1SCC1(C)CCC1. The van der Waals surface area contributed by atoms with Crippen molar-refractivity contribution in [2.24, 2.45) is 5.41 Å². The molecule has 2 heteroatoms. The normalized spacial score (nSPS) is 37.4. The summed E-state index contributed by atoms with van der Waals surface area (Å²) in [4.78, 5) is 0. The first-order valence-corrected chi connectivity index (χ1v) is 6.48. The molecule has 0 aromatic carbocycles. The lowest BCUT2D eigenvalue weighted by Crippen LogP contribution is -2.29. The maximum Gasteiger partial charge on any atom is 0.0666 e. The molecule has 0 spiro atoms. The fraction of sp³-hybridized carbons (Fsp3) is 1.00. The summed E-state index contributed by atoms with van der Waals surface area (Å²) >= 11 is 2.15. The Labute approximate surface area is 85.6 Å². The second-order valence-electron chi connectivity index (χ2n) is 4.88. The molecule has 0 amide bonds. The summed E-state index contributed by atoms with van der Waals surface area (Å²) in [5, 5.41) is 0.775. The highest BCUT2D eigenvalue weighted by atomic mass is 32.2. The lowest BCUT2D eigenvalue weighted by molar-refractivity contribution is 0.127. The van der Waals surface area contributed by atoms with Gasteiger partial charge in [0.1, 0.15) is 0 Å². The van der Waals surface area contributed by atoms with Gasteiger partial charge in [-0.25, -0.2) is 0 Å². The third-order valence-corrected chi connectivity index (χ3v) is 5.42. The van der Waals surface area contributed by atoms with E-state index in [0.717, 1.165) is 11.9 Å². The van der Waals surface area contributed by atoms with Gasteiger partial charge < -0.3 is 4.74 Å². The Morgan fingerprint density at radius 2 is 2.23 bits per heavy atom. The minimum Gasteiger partial charge on any atom is -0.377 e. The molecule has 76 valence electrons. The van der Waals surface area contributed by atoms with Gasteiger partial charge in [-0.15, -0.1) is 0 Å². The Kier molecular flexibility index (Phi) is 2.89. The van der Waals surface area contributed by atoms with Gasteiger partial charge >= 0.3 is 0 Å². The quantitative estimate of drug-likeness (QED) is 0.692. The summed E-state index contributed by atoms with van der Waals surface area (Å²) < 4.78 is 5.56. The van der Waals surface area contributed by atoms with Gasteiger partial charge in [-0.1, -0.05) is 13.3 Å². The lowest BCUT2D eigenvalue weighted by Gasteiger charge is -2.39. The zero-order valence-electron chi connectivity index (χ0n) is 8.71. The van der Waals surface area contributed by atoms with Gasteiger partial charge in [0.15, 0.2) is 0 Å². The zero-order valence-corrected chi connectivity index (χ0v) is 9.53. The van der Waals surface area contributed by atoms with E-state index in [1.54, 1.807) is 0 Å². The van der Waals surface area contributed by atoms with Gasteiger partial charge in [-0.05, 0) is 37.4 Å². The van der Waals surface area contributed by atoms with E-state index in [4.69, 9.17) is 4.74 Å². The molecule has 2 unspecified atom stereocenters. The van der Waals surface area contributed by atoms with Gasteiger partial charge in [0, 0.05) is 11.9 Å². The summed E-state index contributed by atoms with van der Waals surface area (Å²) in [6, 6.07) is 0. The smallest absolute Gasteiger partial charge is 0.0666 e. The van der Waals surface area contributed by atoms with E-state index in [9.17, 15) is 0 Å². The van der Waals surface area contributed by atoms with Gasteiger partial charge in [0.25, 0.3) is 0 Å². The first kappa shape index (κ1) is 9.85. The number of ether oxygens (including phenoxy) is 1. The zero-order chi connectivity index (χ0) is 9.31. The number of hydrogen-bond acceptors (Lipinski definition) is 2. The molecule has 1 aliphatic heterocycles. The van der Waals surface area contributed by atoms with Crippen molar-refractivity contribution in [2.45, 2.75) is 50.9 Å². The van der Waals surface area contributed by atoms with Gasteiger partial charge in [-0.2, -0.15) is 11.8 Å². The van der Waals surface area contributed by atoms with Crippen molar-refractivity contribution < 1.29 is 4.74 Å². The summed E-state index contributed by atoms with van der Waals surface area (Å²) in [5.41, 5.74) is 0.674. The average molecular weight is 200 g/mol. The van der Waals surface area contributed by atoms with Crippen LogP contribution in [0.4, 0.5) is 0 Å². The van der Waals surface area contributed by atoms with Crippen molar-refractivity contribution in [1.29, 1.82) is 0 Å². The molecule has 1 nitrogen and oxygen atoms in total. The largest absolute Gasteiger partial charge is 0.377 e. The molecule has 0 N–H and O–H groups in total. The summed E-state index contributed by atoms with van der Waals surface area (Å²) in [6.45, 7) is 5.63. The molecule has 2 aliphatic rings. The van der Waals surface area contributed by atoms with Crippen LogP contribution in [0.3, 0.4) is 0 Å². The maximum atomic E-state index is 5.56. The molecule has 2 atom stereocenters. The monoisotopic (exact) mass is 200 g/mol. The Balaban J connectivity index is 1.72. The Morgan fingerprint density at radius 3 is 2.69 bits per heavy atom. The Morgan fingerprint density at radius 1 is 1.46 bits per heavy atom. The summed E-state index contributed by atoms with van der Waals surface area (Å²) in [7, 11) is 0. The van der Waals surface area contributed by atoms with Crippen LogP contribution in [0.25, 0.3) is 0 Å². The fourth-order valence-corrected chi connectivity index (χ4v) is 3.68. The molecule has 1 saturated carbocycles. The standard InChI is InChI=1S/C11H20OS/c1-9-10(4-7-12-9)13-8-11(2)5-3-6-11/h9-10H,3-8H2,1-2H3. The number of rotatable bonds is 3. The fourth-order valence-electron chi connectivity index (χ4n) is 2.16. The van der Waals surface area contributed by atoms with Crippen molar-refractivity contribution in [3.05, 3.63) is 0 Å². The first-order valence-electron chi connectivity index (χ1n) is 5.43. The van der Waals surface area contributed by atoms with Crippen LogP contribution in [0.2, 0.25) is 0 Å². The van der Waals surface area contributed by atoms with E-state index < -0.39 is 0 Å². The molecule has 1 aliphatic carbocycles. The topological polar surface area (TPSA) is 9.23 Å². The predicted octanol–water partition coefficient (Wildman–Crippen LogP) is 3.09. The molecule has 0 radical (unpaired) electrons. The lowest BCUT2D eigenvalue weighted by atomic mass is 9.72. The molecule has 1 heterocycles. The highest BCUT2D eigenvalue weighted by Crippen LogP contribution is 2.44. The Hall–Kier alpha value is 0.310. The minimum absolute atomic E-state index is 0.494. The van der Waals surface area contributed by atoms with Crippen LogP contribution in [0.1, 0.15) is 39.5 Å². The van der Waals surface area contributed by atoms with Crippen molar-refractivity contribution >= 4 is 11.8 Å². The number of thioether (sulfide) groups is 1. The summed E-state index contributed by atoms with van der Waals surface area (Å²) in [5.74, 6) is 1.35. The second kappa shape index (κ2) is 3.82. The van der Waals surface area contributed by atoms with Crippen LogP contribution in [0.5, 0.6) is 0 Å². The van der Waals surface area contributed by atoms with Crippen molar-refractivity contribution in [1.82, 2.24) is 0 Å². The van der Waals surface area contributed by atoms with Crippen LogP contribution in [0, 0.1) is 5.41 Å².